The Balaban J connectivity index is 1.38. The zero-order chi connectivity index (χ0) is 21.3. The third kappa shape index (κ3) is 4.32. The molecule has 2 heterocycles. The molecule has 0 bridgehead atoms. The molecular weight excluding hydrogens is 406 g/mol. The Kier molecular flexibility index (Phi) is 6.02. The summed E-state index contributed by atoms with van der Waals surface area (Å²) in [6.45, 7) is 2.25. The van der Waals surface area contributed by atoms with Crippen molar-refractivity contribution in [3.8, 4) is 5.75 Å². The molecule has 4 rings (SSSR count). The van der Waals surface area contributed by atoms with Crippen LogP contribution in [-0.2, 0) is 19.6 Å². The van der Waals surface area contributed by atoms with Gasteiger partial charge >= 0.3 is 0 Å². The molecule has 0 unspecified atom stereocenters. The number of amides is 2. The van der Waals surface area contributed by atoms with Crippen molar-refractivity contribution >= 4 is 27.5 Å². The van der Waals surface area contributed by atoms with Crippen molar-refractivity contribution in [1.82, 2.24) is 9.62 Å². The van der Waals surface area contributed by atoms with Crippen LogP contribution in [0.3, 0.4) is 0 Å². The number of nitrogens with zero attached hydrogens (tertiary/aromatic N) is 1. The van der Waals surface area contributed by atoms with E-state index in [4.69, 9.17) is 4.74 Å². The van der Waals surface area contributed by atoms with Gasteiger partial charge in [-0.1, -0.05) is 19.3 Å². The first kappa shape index (κ1) is 21.1. The van der Waals surface area contributed by atoms with E-state index in [1.807, 2.05) is 0 Å². The van der Waals surface area contributed by atoms with Crippen LogP contribution in [-0.4, -0.2) is 49.8 Å². The van der Waals surface area contributed by atoms with Crippen LogP contribution in [0.5, 0.6) is 5.75 Å². The van der Waals surface area contributed by atoms with E-state index in [0.29, 0.717) is 37.4 Å². The smallest absolute Gasteiger partial charge is 0.265 e. The number of rotatable bonds is 4. The van der Waals surface area contributed by atoms with Crippen LogP contribution in [0.1, 0.15) is 51.9 Å². The van der Waals surface area contributed by atoms with Crippen molar-refractivity contribution in [1.29, 1.82) is 0 Å². The fourth-order valence-corrected chi connectivity index (χ4v) is 5.92. The predicted molar refractivity (Wildman–Crippen MR) is 112 cm³/mol. The van der Waals surface area contributed by atoms with Crippen molar-refractivity contribution in [2.24, 2.45) is 5.92 Å². The Bertz CT molecular complexity index is 919. The number of fused-ring (bicyclic) bond motifs is 1. The Morgan fingerprint density at radius 3 is 2.53 bits per heavy atom. The van der Waals surface area contributed by atoms with Crippen molar-refractivity contribution in [3.63, 3.8) is 0 Å². The molecule has 2 amide bonds. The average molecular weight is 436 g/mol. The molecule has 0 aromatic heterocycles. The van der Waals surface area contributed by atoms with Gasteiger partial charge in [0.2, 0.25) is 15.9 Å². The molecule has 1 aliphatic carbocycles. The summed E-state index contributed by atoms with van der Waals surface area (Å²) in [5.41, 5.74) is 0.362. The van der Waals surface area contributed by atoms with E-state index in [1.54, 1.807) is 13.0 Å². The van der Waals surface area contributed by atoms with E-state index < -0.39 is 16.1 Å². The summed E-state index contributed by atoms with van der Waals surface area (Å²) in [5, 5.41) is 5.84. The number of sulfonamides is 1. The first-order valence-electron chi connectivity index (χ1n) is 10.8. The molecule has 1 aromatic rings. The average Bonchev–Trinajstić information content (AvgIpc) is 2.75. The molecule has 1 atom stereocenters. The van der Waals surface area contributed by atoms with Crippen LogP contribution in [0.2, 0.25) is 0 Å². The molecule has 2 fully saturated rings. The van der Waals surface area contributed by atoms with E-state index in [-0.39, 0.29) is 28.7 Å². The molecule has 2 N–H and O–H groups in total. The first-order valence-corrected chi connectivity index (χ1v) is 12.2. The zero-order valence-corrected chi connectivity index (χ0v) is 18.0. The first-order chi connectivity index (χ1) is 14.3. The van der Waals surface area contributed by atoms with Gasteiger partial charge in [-0.3, -0.25) is 9.59 Å². The third-order valence-corrected chi connectivity index (χ3v) is 8.19. The van der Waals surface area contributed by atoms with Crippen LogP contribution in [0.25, 0.3) is 0 Å². The molecular formula is C21H29N3O5S. The minimum absolute atomic E-state index is 0.0571. The maximum absolute atomic E-state index is 13.1. The lowest BCUT2D eigenvalue weighted by molar-refractivity contribution is -0.127. The number of piperidine rings is 1. The fraction of sp³-hybridized carbons (Fsp3) is 0.619. The molecule has 164 valence electrons. The van der Waals surface area contributed by atoms with Crippen molar-refractivity contribution in [2.75, 3.05) is 18.4 Å². The van der Waals surface area contributed by atoms with Crippen LogP contribution >= 0.6 is 0 Å². The highest BCUT2D eigenvalue weighted by atomic mass is 32.2. The highest BCUT2D eigenvalue weighted by molar-refractivity contribution is 7.89. The van der Waals surface area contributed by atoms with Gasteiger partial charge in [-0.2, -0.15) is 4.31 Å². The quantitative estimate of drug-likeness (QED) is 0.755. The van der Waals surface area contributed by atoms with E-state index in [0.717, 1.165) is 25.7 Å². The monoisotopic (exact) mass is 435 g/mol. The number of hydrogen-bond acceptors (Lipinski definition) is 5. The molecule has 9 heteroatoms. The second kappa shape index (κ2) is 8.55. The maximum Gasteiger partial charge on any atom is 0.265 e. The van der Waals surface area contributed by atoms with Gasteiger partial charge in [-0.15, -0.1) is 0 Å². The Morgan fingerprint density at radius 2 is 1.83 bits per heavy atom. The van der Waals surface area contributed by atoms with Crippen LogP contribution in [0, 0.1) is 5.92 Å². The Hall–Kier alpha value is -2.13. The normalized spacial score (nSPS) is 23.9. The van der Waals surface area contributed by atoms with Crippen LogP contribution < -0.4 is 15.4 Å². The lowest BCUT2D eigenvalue weighted by Crippen LogP contribution is -2.45. The highest BCUT2D eigenvalue weighted by Crippen LogP contribution is 2.33. The second-order valence-electron chi connectivity index (χ2n) is 8.43. The molecule has 2 aliphatic heterocycles. The van der Waals surface area contributed by atoms with Gasteiger partial charge in [0.15, 0.2) is 6.10 Å². The third-order valence-electron chi connectivity index (χ3n) is 6.30. The van der Waals surface area contributed by atoms with Crippen LogP contribution in [0.15, 0.2) is 23.1 Å². The predicted octanol–water partition coefficient (Wildman–Crippen LogP) is 2.26. The van der Waals surface area contributed by atoms with Crippen molar-refractivity contribution < 1.29 is 22.7 Å². The number of benzene rings is 1. The Morgan fingerprint density at radius 1 is 1.13 bits per heavy atom. The minimum atomic E-state index is -3.71. The number of carbonyl (C=O) groups is 2. The number of carbonyl (C=O) groups excluding carboxylic acids is 2. The molecule has 0 radical (unpaired) electrons. The van der Waals surface area contributed by atoms with E-state index in [1.165, 1.54) is 22.9 Å². The van der Waals surface area contributed by atoms with Gasteiger partial charge in [0.25, 0.3) is 5.91 Å². The molecule has 1 saturated carbocycles. The van der Waals surface area contributed by atoms with Gasteiger partial charge in [0.1, 0.15) is 5.75 Å². The van der Waals surface area contributed by atoms with E-state index >= 15 is 0 Å². The minimum Gasteiger partial charge on any atom is -0.479 e. The van der Waals surface area contributed by atoms with Crippen molar-refractivity contribution in [3.05, 3.63) is 18.2 Å². The maximum atomic E-state index is 13.1. The number of hydrogen-bond donors (Lipinski definition) is 2. The highest BCUT2D eigenvalue weighted by Gasteiger charge is 2.34. The molecule has 1 aromatic carbocycles. The van der Waals surface area contributed by atoms with Gasteiger partial charge in [0.05, 0.1) is 10.6 Å². The summed E-state index contributed by atoms with van der Waals surface area (Å²) in [5.74, 6) is 0.0683. The second-order valence-corrected chi connectivity index (χ2v) is 10.4. The molecule has 3 aliphatic rings. The standard InChI is InChI=1S/C21H29N3O5S/c1-14-20(25)23-18-13-17(7-8-19(18)29-14)30(27,28)24-11-9-15(10-12-24)21(26)22-16-5-3-2-4-6-16/h7-8,13-16H,2-6,9-12H2,1H3,(H,22,26)(H,23,25)/t14-/m0/s1. The van der Waals surface area contributed by atoms with Gasteiger partial charge < -0.3 is 15.4 Å². The zero-order valence-electron chi connectivity index (χ0n) is 17.2. The van der Waals surface area contributed by atoms with E-state index in [9.17, 15) is 18.0 Å². The summed E-state index contributed by atoms with van der Waals surface area (Å²) in [4.78, 5) is 24.5. The van der Waals surface area contributed by atoms with Gasteiger partial charge in [-0.25, -0.2) is 8.42 Å². The van der Waals surface area contributed by atoms with Crippen molar-refractivity contribution in [2.45, 2.75) is 68.9 Å². The van der Waals surface area contributed by atoms with E-state index in [2.05, 4.69) is 10.6 Å². The number of ether oxygens (including phenoxy) is 1. The molecule has 1 saturated heterocycles. The van der Waals surface area contributed by atoms with Gasteiger partial charge in [0, 0.05) is 25.0 Å². The number of nitrogens with one attached hydrogen (secondary N) is 2. The summed E-state index contributed by atoms with van der Waals surface area (Å²) < 4.78 is 33.1. The Labute approximate surface area is 177 Å². The molecule has 30 heavy (non-hydrogen) atoms. The molecule has 0 spiro atoms. The fourth-order valence-electron chi connectivity index (χ4n) is 4.42. The lowest BCUT2D eigenvalue weighted by atomic mass is 9.93. The topological polar surface area (TPSA) is 105 Å². The number of anilines is 1. The molecule has 8 nitrogen and oxygen atoms in total. The van der Waals surface area contributed by atoms with Gasteiger partial charge in [-0.05, 0) is 50.8 Å². The largest absolute Gasteiger partial charge is 0.479 e. The summed E-state index contributed by atoms with van der Waals surface area (Å²) in [7, 11) is -3.71. The lowest BCUT2D eigenvalue weighted by Gasteiger charge is -2.32. The summed E-state index contributed by atoms with van der Waals surface area (Å²) >= 11 is 0. The SMILES string of the molecule is C[C@@H]1Oc2ccc(S(=O)(=O)N3CCC(C(=O)NC4CCCCC4)CC3)cc2NC1=O. The summed E-state index contributed by atoms with van der Waals surface area (Å²) in [6, 6.07) is 4.78. The summed E-state index contributed by atoms with van der Waals surface area (Å²) in [6.07, 6.45) is 6.05. The van der Waals surface area contributed by atoms with Crippen LogP contribution in [0.4, 0.5) is 5.69 Å².